The highest BCUT2D eigenvalue weighted by Crippen LogP contribution is 2.26. The van der Waals surface area contributed by atoms with Gasteiger partial charge >= 0.3 is 0 Å². The minimum absolute atomic E-state index is 0.0941. The predicted molar refractivity (Wildman–Crippen MR) is 81.1 cm³/mol. The van der Waals surface area contributed by atoms with Gasteiger partial charge in [-0.25, -0.2) is 0 Å². The number of rotatable bonds is 2. The first-order chi connectivity index (χ1) is 9.32. The van der Waals surface area contributed by atoms with Gasteiger partial charge < -0.3 is 14.7 Å². The summed E-state index contributed by atoms with van der Waals surface area (Å²) < 4.78 is 6.38. The third-order valence-electron chi connectivity index (χ3n) is 3.13. The molecule has 6 heteroatoms. The summed E-state index contributed by atoms with van der Waals surface area (Å²) in [5.41, 5.74) is 0.0870. The van der Waals surface area contributed by atoms with Crippen LogP contribution >= 0.6 is 27.5 Å². The van der Waals surface area contributed by atoms with Crippen LogP contribution in [-0.4, -0.2) is 47.3 Å². The molecule has 20 heavy (non-hydrogen) atoms. The Morgan fingerprint density at radius 2 is 2.30 bits per heavy atom. The van der Waals surface area contributed by atoms with Gasteiger partial charge in [-0.3, -0.25) is 4.79 Å². The van der Waals surface area contributed by atoms with E-state index in [4.69, 9.17) is 16.3 Å². The van der Waals surface area contributed by atoms with Crippen molar-refractivity contribution < 1.29 is 14.6 Å². The van der Waals surface area contributed by atoms with E-state index in [1.807, 2.05) is 13.8 Å². The molecule has 110 valence electrons. The average Bonchev–Trinajstić information content (AvgIpc) is 2.36. The zero-order chi connectivity index (χ0) is 14.9. The Hall–Kier alpha value is -0.620. The zero-order valence-electron chi connectivity index (χ0n) is 11.4. The topological polar surface area (TPSA) is 49.8 Å². The fraction of sp³-hybridized carbons (Fsp3) is 0.500. The van der Waals surface area contributed by atoms with E-state index in [1.165, 1.54) is 0 Å². The number of morpholine rings is 1. The molecular formula is C14H17BrClNO3. The first-order valence-corrected chi connectivity index (χ1v) is 7.52. The highest BCUT2D eigenvalue weighted by Gasteiger charge is 2.35. The van der Waals surface area contributed by atoms with Crippen LogP contribution in [0.25, 0.3) is 0 Å². The van der Waals surface area contributed by atoms with Crippen LogP contribution in [0.1, 0.15) is 24.2 Å². The van der Waals surface area contributed by atoms with Gasteiger partial charge in [0.1, 0.15) is 0 Å². The molecule has 1 aliphatic rings. The van der Waals surface area contributed by atoms with Crippen LogP contribution in [0.2, 0.25) is 5.02 Å². The molecule has 1 N–H and O–H groups in total. The molecule has 1 heterocycles. The Morgan fingerprint density at radius 1 is 1.60 bits per heavy atom. The Morgan fingerprint density at radius 3 is 2.90 bits per heavy atom. The quantitative estimate of drug-likeness (QED) is 0.880. The smallest absolute Gasteiger partial charge is 0.255 e. The third kappa shape index (κ3) is 3.52. The summed E-state index contributed by atoms with van der Waals surface area (Å²) in [5.74, 6) is -0.0941. The molecule has 0 bridgehead atoms. The summed E-state index contributed by atoms with van der Waals surface area (Å²) in [6, 6.07) is 5.09. The summed E-state index contributed by atoms with van der Waals surface area (Å²) in [4.78, 5) is 14.3. The van der Waals surface area contributed by atoms with E-state index in [1.54, 1.807) is 23.1 Å². The van der Waals surface area contributed by atoms with Crippen molar-refractivity contribution >= 4 is 33.4 Å². The lowest BCUT2D eigenvalue weighted by Gasteiger charge is -2.42. The van der Waals surface area contributed by atoms with Crippen LogP contribution in [0.4, 0.5) is 0 Å². The summed E-state index contributed by atoms with van der Waals surface area (Å²) in [7, 11) is 0. The number of nitrogens with zero attached hydrogens (tertiary/aromatic N) is 1. The summed E-state index contributed by atoms with van der Waals surface area (Å²) in [6.45, 7) is 4.58. The lowest BCUT2D eigenvalue weighted by Crippen LogP contribution is -2.55. The molecule has 1 fully saturated rings. The standard InChI is InChI=1S/C14H17BrClNO3/c1-14(2)8-17(6-10(7-18)20-14)13(19)11-4-3-9(16)5-12(11)15/h3-5,10,18H,6-8H2,1-2H3. The van der Waals surface area contributed by atoms with E-state index in [2.05, 4.69) is 15.9 Å². The Bertz CT molecular complexity index is 521. The number of hydrogen-bond acceptors (Lipinski definition) is 3. The van der Waals surface area contributed by atoms with Crippen molar-refractivity contribution in [1.82, 2.24) is 4.90 Å². The highest BCUT2D eigenvalue weighted by molar-refractivity contribution is 9.10. The molecule has 1 atom stereocenters. The van der Waals surface area contributed by atoms with Gasteiger partial charge in [-0.15, -0.1) is 0 Å². The van der Waals surface area contributed by atoms with E-state index in [0.29, 0.717) is 28.1 Å². The van der Waals surface area contributed by atoms with Crippen LogP contribution in [0.15, 0.2) is 22.7 Å². The van der Waals surface area contributed by atoms with Gasteiger partial charge in [0, 0.05) is 22.6 Å². The van der Waals surface area contributed by atoms with Crippen LogP contribution in [0.5, 0.6) is 0 Å². The summed E-state index contributed by atoms with van der Waals surface area (Å²) >= 11 is 9.25. The lowest BCUT2D eigenvalue weighted by atomic mass is 10.0. The van der Waals surface area contributed by atoms with Crippen molar-refractivity contribution in [3.05, 3.63) is 33.3 Å². The Kier molecular flexibility index (Phi) is 4.74. The molecule has 1 unspecified atom stereocenters. The molecule has 2 rings (SSSR count). The van der Waals surface area contributed by atoms with Gasteiger partial charge in [-0.2, -0.15) is 0 Å². The number of aliphatic hydroxyl groups is 1. The molecule has 4 nitrogen and oxygen atoms in total. The molecule has 0 aliphatic carbocycles. The summed E-state index contributed by atoms with van der Waals surface area (Å²) in [6.07, 6.45) is -0.353. The normalized spacial score (nSPS) is 21.9. The average molecular weight is 363 g/mol. The molecular weight excluding hydrogens is 346 g/mol. The Labute approximate surface area is 131 Å². The van der Waals surface area contributed by atoms with Gasteiger partial charge in [0.25, 0.3) is 5.91 Å². The van der Waals surface area contributed by atoms with Crippen molar-refractivity contribution in [2.45, 2.75) is 25.6 Å². The molecule has 0 radical (unpaired) electrons. The van der Waals surface area contributed by atoms with Gasteiger partial charge in [-0.05, 0) is 48.0 Å². The minimum atomic E-state index is -0.472. The van der Waals surface area contributed by atoms with Crippen LogP contribution in [0.3, 0.4) is 0 Å². The van der Waals surface area contributed by atoms with Crippen molar-refractivity contribution in [3.63, 3.8) is 0 Å². The van der Waals surface area contributed by atoms with Gasteiger partial charge in [0.05, 0.1) is 23.9 Å². The van der Waals surface area contributed by atoms with Crippen molar-refractivity contribution in [3.8, 4) is 0 Å². The largest absolute Gasteiger partial charge is 0.394 e. The van der Waals surface area contributed by atoms with Crippen LogP contribution in [-0.2, 0) is 4.74 Å². The predicted octanol–water partition coefficient (Wildman–Crippen LogP) is 2.71. The second-order valence-electron chi connectivity index (χ2n) is 5.49. The number of halogens is 2. The lowest BCUT2D eigenvalue weighted by molar-refractivity contribution is -0.139. The molecule has 0 spiro atoms. The molecule has 1 saturated heterocycles. The van der Waals surface area contributed by atoms with Gasteiger partial charge in [-0.1, -0.05) is 11.6 Å². The number of aliphatic hydroxyl groups excluding tert-OH is 1. The minimum Gasteiger partial charge on any atom is -0.394 e. The molecule has 1 aliphatic heterocycles. The second kappa shape index (κ2) is 6.02. The molecule has 1 aromatic rings. The molecule has 0 aromatic heterocycles. The number of carbonyl (C=O) groups excluding carboxylic acids is 1. The van der Waals surface area contributed by atoms with Crippen molar-refractivity contribution in [2.75, 3.05) is 19.7 Å². The fourth-order valence-corrected chi connectivity index (χ4v) is 3.23. The number of ether oxygens (including phenoxy) is 1. The second-order valence-corrected chi connectivity index (χ2v) is 6.78. The summed E-state index contributed by atoms with van der Waals surface area (Å²) in [5, 5.41) is 9.87. The SMILES string of the molecule is CC1(C)CN(C(=O)c2ccc(Cl)cc2Br)CC(CO)O1. The van der Waals surface area contributed by atoms with E-state index < -0.39 is 5.60 Å². The zero-order valence-corrected chi connectivity index (χ0v) is 13.7. The van der Waals surface area contributed by atoms with Gasteiger partial charge in [0.15, 0.2) is 0 Å². The fourth-order valence-electron chi connectivity index (χ4n) is 2.38. The Balaban J connectivity index is 2.23. The number of carbonyl (C=O) groups is 1. The van der Waals surface area contributed by atoms with Crippen LogP contribution < -0.4 is 0 Å². The highest BCUT2D eigenvalue weighted by atomic mass is 79.9. The maximum Gasteiger partial charge on any atom is 0.255 e. The third-order valence-corrected chi connectivity index (χ3v) is 4.02. The van der Waals surface area contributed by atoms with Crippen molar-refractivity contribution in [2.24, 2.45) is 0 Å². The molecule has 0 saturated carbocycles. The maximum absolute atomic E-state index is 12.6. The number of hydrogen-bond donors (Lipinski definition) is 1. The molecule has 1 aromatic carbocycles. The monoisotopic (exact) mass is 361 g/mol. The van der Waals surface area contributed by atoms with Crippen molar-refractivity contribution in [1.29, 1.82) is 0 Å². The van der Waals surface area contributed by atoms with E-state index in [-0.39, 0.29) is 18.6 Å². The maximum atomic E-state index is 12.6. The first-order valence-electron chi connectivity index (χ1n) is 6.35. The van der Waals surface area contributed by atoms with E-state index in [0.717, 1.165) is 0 Å². The number of benzene rings is 1. The van der Waals surface area contributed by atoms with E-state index >= 15 is 0 Å². The first kappa shape index (κ1) is 15.8. The van der Waals surface area contributed by atoms with E-state index in [9.17, 15) is 9.90 Å². The van der Waals surface area contributed by atoms with Crippen LogP contribution in [0, 0.1) is 0 Å². The molecule has 1 amide bonds. The van der Waals surface area contributed by atoms with Gasteiger partial charge in [0.2, 0.25) is 0 Å². The number of amides is 1.